The summed E-state index contributed by atoms with van der Waals surface area (Å²) >= 11 is 5.84. The van der Waals surface area contributed by atoms with Crippen LogP contribution in [0.15, 0.2) is 24.4 Å². The highest BCUT2D eigenvalue weighted by molar-refractivity contribution is 6.31. The minimum Gasteiger partial charge on any atom is -0.382 e. The van der Waals surface area contributed by atoms with Crippen LogP contribution in [0.1, 0.15) is 33.8 Å². The quantitative estimate of drug-likeness (QED) is 0.338. The lowest BCUT2D eigenvalue weighted by atomic mass is 9.88. The number of halogens is 1. The number of rotatable bonds is 3. The van der Waals surface area contributed by atoms with E-state index < -0.39 is 5.78 Å². The minimum absolute atomic E-state index is 0.0270. The third-order valence-corrected chi connectivity index (χ3v) is 5.45. The number of nitrogen functional groups attached to an aromatic ring is 2. The van der Waals surface area contributed by atoms with Gasteiger partial charge in [-0.3, -0.25) is 9.59 Å². The number of imidazole rings is 1. The number of amides is 1. The first kappa shape index (κ1) is 19.0. The van der Waals surface area contributed by atoms with Gasteiger partial charge in [0, 0.05) is 25.7 Å². The van der Waals surface area contributed by atoms with E-state index in [9.17, 15) is 9.59 Å². The van der Waals surface area contributed by atoms with Gasteiger partial charge in [0.25, 0.3) is 5.91 Å². The number of aromatic amines is 1. The maximum atomic E-state index is 12.5. The zero-order chi connectivity index (χ0) is 20.6. The van der Waals surface area contributed by atoms with Crippen LogP contribution in [0.4, 0.5) is 11.6 Å². The Labute approximate surface area is 170 Å². The zero-order valence-electron chi connectivity index (χ0n) is 15.4. The van der Waals surface area contributed by atoms with E-state index in [0.29, 0.717) is 31.1 Å². The molecule has 1 spiro atoms. The van der Waals surface area contributed by atoms with Crippen molar-refractivity contribution in [2.24, 2.45) is 0 Å². The predicted octanol–water partition coefficient (Wildman–Crippen LogP) is -0.0906. The number of likely N-dealkylation sites (tertiary alicyclic amines) is 1. The SMILES string of the molecule is Nc1nc(N)c(C(=O)/C=C2\NCC3(CCN(C(=O)c4cnc[nH]4)CC3)N2)nc1Cl. The van der Waals surface area contributed by atoms with E-state index in [1.165, 1.54) is 18.6 Å². The summed E-state index contributed by atoms with van der Waals surface area (Å²) in [6.07, 6.45) is 5.86. The monoisotopic (exact) mass is 417 g/mol. The van der Waals surface area contributed by atoms with Gasteiger partial charge in [-0.25, -0.2) is 15.0 Å². The van der Waals surface area contributed by atoms with Crippen LogP contribution >= 0.6 is 11.6 Å². The molecule has 2 saturated heterocycles. The first-order chi connectivity index (χ1) is 13.9. The van der Waals surface area contributed by atoms with Gasteiger partial charge in [0.1, 0.15) is 11.5 Å². The number of H-pyrrole nitrogens is 1. The lowest BCUT2D eigenvalue weighted by Gasteiger charge is -2.38. The largest absolute Gasteiger partial charge is 0.382 e. The number of nitrogens with one attached hydrogen (secondary N) is 3. The number of nitrogens with two attached hydrogens (primary N) is 2. The molecule has 0 radical (unpaired) electrons. The molecule has 2 aromatic heterocycles. The van der Waals surface area contributed by atoms with Crippen LogP contribution in [-0.4, -0.2) is 61.7 Å². The molecule has 2 aliphatic heterocycles. The van der Waals surface area contributed by atoms with Crippen molar-refractivity contribution in [1.29, 1.82) is 0 Å². The molecule has 0 saturated carbocycles. The molecular formula is C17H20ClN9O2. The van der Waals surface area contributed by atoms with Crippen molar-refractivity contribution in [2.45, 2.75) is 18.4 Å². The van der Waals surface area contributed by atoms with Crippen LogP contribution < -0.4 is 22.1 Å². The second kappa shape index (κ2) is 7.24. The second-order valence-corrected chi connectivity index (χ2v) is 7.43. The Morgan fingerprint density at radius 1 is 1.21 bits per heavy atom. The molecule has 152 valence electrons. The summed E-state index contributed by atoms with van der Waals surface area (Å²) < 4.78 is 0. The number of anilines is 2. The maximum Gasteiger partial charge on any atom is 0.271 e. The van der Waals surface area contributed by atoms with Crippen LogP contribution in [-0.2, 0) is 0 Å². The third kappa shape index (κ3) is 3.68. The van der Waals surface area contributed by atoms with Crippen molar-refractivity contribution in [2.75, 3.05) is 31.1 Å². The highest BCUT2D eigenvalue weighted by Gasteiger charge is 2.40. The van der Waals surface area contributed by atoms with Gasteiger partial charge in [0.2, 0.25) is 5.78 Å². The molecule has 11 nitrogen and oxygen atoms in total. The van der Waals surface area contributed by atoms with Crippen molar-refractivity contribution in [3.8, 4) is 0 Å². The third-order valence-electron chi connectivity index (χ3n) is 5.17. The summed E-state index contributed by atoms with van der Waals surface area (Å²) in [4.78, 5) is 41.2. The molecule has 12 heteroatoms. The van der Waals surface area contributed by atoms with Gasteiger partial charge >= 0.3 is 0 Å². The summed E-state index contributed by atoms with van der Waals surface area (Å²) in [5.74, 6) is -0.0372. The number of carbonyl (C=O) groups excluding carboxylic acids is 2. The number of carbonyl (C=O) groups is 2. The zero-order valence-corrected chi connectivity index (χ0v) is 16.2. The number of hydrogen-bond donors (Lipinski definition) is 5. The molecule has 2 aliphatic rings. The molecule has 0 unspecified atom stereocenters. The van der Waals surface area contributed by atoms with E-state index in [2.05, 4.69) is 30.6 Å². The van der Waals surface area contributed by atoms with Gasteiger partial charge in [-0.1, -0.05) is 11.6 Å². The second-order valence-electron chi connectivity index (χ2n) is 7.07. The summed E-state index contributed by atoms with van der Waals surface area (Å²) in [7, 11) is 0. The average Bonchev–Trinajstić information content (AvgIpc) is 3.36. The van der Waals surface area contributed by atoms with Crippen LogP contribution in [0, 0.1) is 0 Å². The van der Waals surface area contributed by atoms with Gasteiger partial charge in [-0.15, -0.1) is 0 Å². The number of nitrogens with zero attached hydrogens (tertiary/aromatic N) is 4. The van der Waals surface area contributed by atoms with Crippen molar-refractivity contribution < 1.29 is 9.59 Å². The van der Waals surface area contributed by atoms with E-state index in [4.69, 9.17) is 23.1 Å². The van der Waals surface area contributed by atoms with E-state index in [-0.39, 0.29) is 33.9 Å². The Hall–Kier alpha value is -3.34. The molecule has 4 heterocycles. The topological polar surface area (TPSA) is 168 Å². The molecule has 7 N–H and O–H groups in total. The van der Waals surface area contributed by atoms with E-state index in [0.717, 1.165) is 12.8 Å². The van der Waals surface area contributed by atoms with E-state index >= 15 is 0 Å². The fraction of sp³-hybridized carbons (Fsp3) is 0.353. The molecule has 0 aromatic carbocycles. The van der Waals surface area contributed by atoms with E-state index in [1.807, 2.05) is 0 Å². The summed E-state index contributed by atoms with van der Waals surface area (Å²) in [5, 5.41) is 6.50. The molecular weight excluding hydrogens is 398 g/mol. The Kier molecular flexibility index (Phi) is 4.74. The first-order valence-electron chi connectivity index (χ1n) is 9.01. The summed E-state index contributed by atoms with van der Waals surface area (Å²) in [6, 6.07) is 0. The number of aromatic nitrogens is 4. The highest BCUT2D eigenvalue weighted by atomic mass is 35.5. The van der Waals surface area contributed by atoms with Crippen LogP contribution in [0.2, 0.25) is 5.15 Å². The lowest BCUT2D eigenvalue weighted by molar-refractivity contribution is 0.0661. The van der Waals surface area contributed by atoms with Crippen molar-refractivity contribution in [3.63, 3.8) is 0 Å². The Bertz CT molecular complexity index is 981. The average molecular weight is 418 g/mol. The number of ketones is 1. The smallest absolute Gasteiger partial charge is 0.271 e. The summed E-state index contributed by atoms with van der Waals surface area (Å²) in [5.41, 5.74) is 11.5. The minimum atomic E-state index is -0.434. The maximum absolute atomic E-state index is 12.5. The van der Waals surface area contributed by atoms with Gasteiger partial charge < -0.3 is 32.0 Å². The van der Waals surface area contributed by atoms with Crippen molar-refractivity contribution in [3.05, 3.63) is 41.0 Å². The van der Waals surface area contributed by atoms with Gasteiger partial charge in [-0.05, 0) is 12.8 Å². The molecule has 4 rings (SSSR count). The standard InChI is InChI=1S/C17H20ClN9O2/c18-13-15(20)25-14(19)12(24-13)10(28)5-11-22-7-17(26-11)1-3-27(4-2-17)16(29)9-6-21-8-23-9/h5-6,8,22,26H,1-4,7H2,(H,21,23)(H4,19,20,25)/b11-5+. The molecule has 29 heavy (non-hydrogen) atoms. The molecule has 0 aliphatic carbocycles. The fourth-order valence-corrected chi connectivity index (χ4v) is 3.66. The highest BCUT2D eigenvalue weighted by Crippen LogP contribution is 2.27. The summed E-state index contributed by atoms with van der Waals surface area (Å²) in [6.45, 7) is 1.83. The van der Waals surface area contributed by atoms with Crippen LogP contribution in [0.5, 0.6) is 0 Å². The normalized spacial score (nSPS) is 19.2. The molecule has 0 bridgehead atoms. The van der Waals surface area contributed by atoms with Crippen LogP contribution in [0.25, 0.3) is 0 Å². The predicted molar refractivity (Wildman–Crippen MR) is 106 cm³/mol. The van der Waals surface area contributed by atoms with E-state index in [1.54, 1.807) is 4.90 Å². The molecule has 2 fully saturated rings. The fourth-order valence-electron chi connectivity index (χ4n) is 3.53. The van der Waals surface area contributed by atoms with Gasteiger partial charge in [0.15, 0.2) is 22.5 Å². The van der Waals surface area contributed by atoms with Gasteiger partial charge in [-0.2, -0.15) is 0 Å². The first-order valence-corrected chi connectivity index (χ1v) is 9.39. The Morgan fingerprint density at radius 2 is 1.97 bits per heavy atom. The lowest BCUT2D eigenvalue weighted by Crippen LogP contribution is -2.53. The van der Waals surface area contributed by atoms with Crippen molar-refractivity contribution in [1.82, 2.24) is 35.5 Å². The number of allylic oxidation sites excluding steroid dienone is 1. The Balaban J connectivity index is 1.41. The molecule has 1 amide bonds. The molecule has 2 aromatic rings. The van der Waals surface area contributed by atoms with Gasteiger partial charge in [0.05, 0.1) is 18.1 Å². The van der Waals surface area contributed by atoms with Crippen molar-refractivity contribution >= 4 is 34.9 Å². The number of piperidine rings is 1. The molecule has 0 atom stereocenters. The van der Waals surface area contributed by atoms with Crippen LogP contribution in [0.3, 0.4) is 0 Å². The number of hydrogen-bond acceptors (Lipinski definition) is 9. The Morgan fingerprint density at radius 3 is 2.66 bits per heavy atom.